The number of fused-ring (bicyclic) bond motifs is 1. The van der Waals surface area contributed by atoms with Crippen LogP contribution in [0.25, 0.3) is 10.8 Å². The van der Waals surface area contributed by atoms with E-state index in [1.807, 2.05) is 29.2 Å². The lowest BCUT2D eigenvalue weighted by Crippen LogP contribution is -2.38. The van der Waals surface area contributed by atoms with Crippen LogP contribution in [-0.4, -0.2) is 34.1 Å². The summed E-state index contributed by atoms with van der Waals surface area (Å²) >= 11 is 0. The first-order chi connectivity index (χ1) is 14.1. The summed E-state index contributed by atoms with van der Waals surface area (Å²) in [5.74, 6) is 0.487. The fourth-order valence-electron chi connectivity index (χ4n) is 4.23. The van der Waals surface area contributed by atoms with Gasteiger partial charge >= 0.3 is 0 Å². The fraction of sp³-hybridized carbons (Fsp3) is 0.292. The van der Waals surface area contributed by atoms with Crippen LogP contribution in [0.4, 0.5) is 0 Å². The van der Waals surface area contributed by atoms with Gasteiger partial charge in [-0.15, -0.1) is 0 Å². The summed E-state index contributed by atoms with van der Waals surface area (Å²) in [5, 5.41) is 21.0. The highest BCUT2D eigenvalue weighted by Gasteiger charge is 2.25. The van der Waals surface area contributed by atoms with Crippen LogP contribution in [0.5, 0.6) is 5.75 Å². The number of rotatable bonds is 4. The topological polar surface area (TPSA) is 86.8 Å². The standard InChI is InChI=1S/C24H26N2O3/c25-14-16-3-1-4-18(11-16)17-7-9-26(10-8-17)24(29)21-6-2-5-19-13-23(28)20(15-27)12-22(19)21/h1-6,11-13,17,27-28H,7-10,14-15,25H2. The molecule has 1 fully saturated rings. The lowest BCUT2D eigenvalue weighted by Gasteiger charge is -2.32. The summed E-state index contributed by atoms with van der Waals surface area (Å²) in [4.78, 5) is 15.1. The molecular formula is C24H26N2O3. The molecule has 4 rings (SSSR count). The molecule has 1 aliphatic rings. The number of benzene rings is 3. The Balaban J connectivity index is 1.54. The first kappa shape index (κ1) is 19.4. The first-order valence-electron chi connectivity index (χ1n) is 10.0. The van der Waals surface area contributed by atoms with E-state index in [0.29, 0.717) is 36.7 Å². The van der Waals surface area contributed by atoms with Crippen molar-refractivity contribution < 1.29 is 15.0 Å². The Morgan fingerprint density at radius 1 is 1.07 bits per heavy atom. The number of aromatic hydroxyl groups is 1. The number of phenols is 1. The normalized spacial score (nSPS) is 15.0. The summed E-state index contributed by atoms with van der Waals surface area (Å²) in [5.41, 5.74) is 9.24. The van der Waals surface area contributed by atoms with Gasteiger partial charge in [-0.1, -0.05) is 36.4 Å². The minimum atomic E-state index is -0.266. The molecule has 1 saturated heterocycles. The Morgan fingerprint density at radius 2 is 1.83 bits per heavy atom. The van der Waals surface area contributed by atoms with Gasteiger partial charge in [-0.05, 0) is 58.9 Å². The number of hydrogen-bond acceptors (Lipinski definition) is 4. The molecule has 5 nitrogen and oxygen atoms in total. The maximum Gasteiger partial charge on any atom is 0.254 e. The largest absolute Gasteiger partial charge is 0.508 e. The molecule has 1 heterocycles. The van der Waals surface area contributed by atoms with Gasteiger partial charge in [0.15, 0.2) is 0 Å². The van der Waals surface area contributed by atoms with Crippen molar-refractivity contribution in [3.05, 3.63) is 76.9 Å². The molecule has 0 spiro atoms. The molecule has 0 aliphatic carbocycles. The molecule has 0 atom stereocenters. The molecule has 3 aromatic rings. The number of carbonyl (C=O) groups excluding carboxylic acids is 1. The molecule has 1 amide bonds. The van der Waals surface area contributed by atoms with Crippen molar-refractivity contribution in [1.29, 1.82) is 0 Å². The van der Waals surface area contributed by atoms with Crippen molar-refractivity contribution in [2.75, 3.05) is 13.1 Å². The summed E-state index contributed by atoms with van der Waals surface area (Å²) in [6.07, 6.45) is 1.85. The highest BCUT2D eigenvalue weighted by Crippen LogP contribution is 2.31. The SMILES string of the molecule is NCc1cccc(C2CCN(C(=O)c3cccc4cc(O)c(CO)cc34)CC2)c1. The van der Waals surface area contributed by atoms with Crippen LogP contribution in [0.1, 0.15) is 45.8 Å². The predicted octanol–water partition coefficient (Wildman–Crippen LogP) is 3.52. The number of nitrogens with two attached hydrogens (primary N) is 1. The molecule has 29 heavy (non-hydrogen) atoms. The number of carbonyl (C=O) groups is 1. The second kappa shape index (κ2) is 8.23. The summed E-state index contributed by atoms with van der Waals surface area (Å²) in [6, 6.07) is 17.3. The van der Waals surface area contributed by atoms with E-state index < -0.39 is 0 Å². The smallest absolute Gasteiger partial charge is 0.254 e. The molecule has 150 valence electrons. The minimum absolute atomic E-state index is 0.000613. The number of nitrogens with zero attached hydrogens (tertiary/aromatic N) is 1. The number of piperidine rings is 1. The van der Waals surface area contributed by atoms with Gasteiger partial charge in [-0.2, -0.15) is 0 Å². The predicted molar refractivity (Wildman–Crippen MR) is 114 cm³/mol. The van der Waals surface area contributed by atoms with E-state index >= 15 is 0 Å². The van der Waals surface area contributed by atoms with Gasteiger partial charge in [0.2, 0.25) is 0 Å². The van der Waals surface area contributed by atoms with Crippen LogP contribution in [0.15, 0.2) is 54.6 Å². The fourth-order valence-corrected chi connectivity index (χ4v) is 4.23. The van der Waals surface area contributed by atoms with E-state index in [-0.39, 0.29) is 18.3 Å². The Bertz CT molecular complexity index is 1040. The maximum atomic E-state index is 13.2. The number of amides is 1. The van der Waals surface area contributed by atoms with Crippen LogP contribution >= 0.6 is 0 Å². The molecule has 5 heteroatoms. The number of likely N-dealkylation sites (tertiary alicyclic amines) is 1. The third-order valence-electron chi connectivity index (χ3n) is 5.92. The first-order valence-corrected chi connectivity index (χ1v) is 10.0. The van der Waals surface area contributed by atoms with Gasteiger partial charge in [0, 0.05) is 30.8 Å². The van der Waals surface area contributed by atoms with Gasteiger partial charge in [0.1, 0.15) is 5.75 Å². The molecule has 0 saturated carbocycles. The third kappa shape index (κ3) is 3.84. The van der Waals surface area contributed by atoms with Crippen molar-refractivity contribution >= 4 is 16.7 Å². The van der Waals surface area contributed by atoms with Crippen LogP contribution < -0.4 is 5.73 Å². The Kier molecular flexibility index (Phi) is 5.51. The van der Waals surface area contributed by atoms with E-state index in [9.17, 15) is 15.0 Å². The van der Waals surface area contributed by atoms with E-state index in [0.717, 1.165) is 29.2 Å². The van der Waals surface area contributed by atoms with Crippen LogP contribution in [0, 0.1) is 0 Å². The summed E-state index contributed by atoms with van der Waals surface area (Å²) in [7, 11) is 0. The summed E-state index contributed by atoms with van der Waals surface area (Å²) in [6.45, 7) is 1.69. The van der Waals surface area contributed by atoms with Gasteiger partial charge < -0.3 is 20.8 Å². The van der Waals surface area contributed by atoms with Crippen molar-refractivity contribution in [3.63, 3.8) is 0 Å². The quantitative estimate of drug-likeness (QED) is 0.636. The molecule has 3 aromatic carbocycles. The Hall–Kier alpha value is -2.89. The lowest BCUT2D eigenvalue weighted by atomic mass is 9.88. The van der Waals surface area contributed by atoms with E-state index in [1.54, 1.807) is 12.1 Å². The number of aliphatic hydroxyl groups excluding tert-OH is 1. The van der Waals surface area contributed by atoms with Crippen molar-refractivity contribution in [3.8, 4) is 5.75 Å². The second-order valence-corrected chi connectivity index (χ2v) is 7.68. The van der Waals surface area contributed by atoms with E-state index in [4.69, 9.17) is 5.73 Å². The van der Waals surface area contributed by atoms with Crippen LogP contribution in [0.2, 0.25) is 0 Å². The Labute approximate surface area is 170 Å². The lowest BCUT2D eigenvalue weighted by molar-refractivity contribution is 0.0715. The molecule has 0 radical (unpaired) electrons. The van der Waals surface area contributed by atoms with Crippen molar-refractivity contribution in [2.45, 2.75) is 31.9 Å². The van der Waals surface area contributed by atoms with Gasteiger partial charge in [0.25, 0.3) is 5.91 Å². The van der Waals surface area contributed by atoms with Crippen LogP contribution in [0.3, 0.4) is 0 Å². The highest BCUT2D eigenvalue weighted by molar-refractivity contribution is 6.07. The monoisotopic (exact) mass is 390 g/mol. The maximum absolute atomic E-state index is 13.2. The van der Waals surface area contributed by atoms with Gasteiger partial charge in [-0.3, -0.25) is 4.79 Å². The zero-order valence-corrected chi connectivity index (χ0v) is 16.3. The zero-order chi connectivity index (χ0) is 20.4. The van der Waals surface area contributed by atoms with Gasteiger partial charge in [0.05, 0.1) is 6.61 Å². The second-order valence-electron chi connectivity index (χ2n) is 7.68. The van der Waals surface area contributed by atoms with Crippen molar-refractivity contribution in [1.82, 2.24) is 4.90 Å². The average molecular weight is 390 g/mol. The van der Waals surface area contributed by atoms with E-state index in [2.05, 4.69) is 18.2 Å². The minimum Gasteiger partial charge on any atom is -0.508 e. The Morgan fingerprint density at radius 3 is 2.55 bits per heavy atom. The molecule has 4 N–H and O–H groups in total. The highest BCUT2D eigenvalue weighted by atomic mass is 16.3. The molecule has 0 unspecified atom stereocenters. The average Bonchev–Trinajstić information content (AvgIpc) is 2.77. The molecule has 0 bridgehead atoms. The third-order valence-corrected chi connectivity index (χ3v) is 5.92. The van der Waals surface area contributed by atoms with Gasteiger partial charge in [-0.25, -0.2) is 0 Å². The number of hydrogen-bond donors (Lipinski definition) is 3. The van der Waals surface area contributed by atoms with Crippen LogP contribution in [-0.2, 0) is 13.2 Å². The zero-order valence-electron chi connectivity index (χ0n) is 16.3. The number of aliphatic hydroxyl groups is 1. The van der Waals surface area contributed by atoms with Crippen molar-refractivity contribution in [2.24, 2.45) is 5.73 Å². The van der Waals surface area contributed by atoms with E-state index in [1.165, 1.54) is 5.56 Å². The molecule has 1 aliphatic heterocycles. The molecular weight excluding hydrogens is 364 g/mol. The molecule has 0 aromatic heterocycles. The summed E-state index contributed by atoms with van der Waals surface area (Å²) < 4.78 is 0.